The number of aromatic nitrogens is 1. The fourth-order valence-electron chi connectivity index (χ4n) is 2.36. The zero-order valence-corrected chi connectivity index (χ0v) is 16.0. The number of benzene rings is 1. The minimum atomic E-state index is -0.746. The van der Waals surface area contributed by atoms with Gasteiger partial charge in [-0.15, -0.1) is 5.11 Å². The topological polar surface area (TPSA) is 122 Å². The molecule has 0 spiro atoms. The minimum absolute atomic E-state index is 0.0301. The molecular weight excluding hydrogens is 346 g/mol. The van der Waals surface area contributed by atoms with E-state index in [2.05, 4.69) is 20.7 Å². The minimum Gasteiger partial charge on any atom is -0.505 e. The third-order valence-electron chi connectivity index (χ3n) is 3.74. The first-order valence-corrected chi connectivity index (χ1v) is 8.98. The monoisotopic (exact) mass is 373 g/mol. The van der Waals surface area contributed by atoms with Crippen molar-refractivity contribution in [2.45, 2.75) is 51.7 Å². The summed E-state index contributed by atoms with van der Waals surface area (Å²) < 4.78 is 0. The van der Waals surface area contributed by atoms with E-state index in [1.54, 1.807) is 18.2 Å². The van der Waals surface area contributed by atoms with Crippen LogP contribution in [0.3, 0.4) is 0 Å². The van der Waals surface area contributed by atoms with Gasteiger partial charge in [0.25, 0.3) is 5.91 Å². The van der Waals surface area contributed by atoms with Crippen molar-refractivity contribution < 1.29 is 14.7 Å². The van der Waals surface area contributed by atoms with Crippen LogP contribution in [0.25, 0.3) is 10.9 Å². The van der Waals surface area contributed by atoms with E-state index in [0.717, 1.165) is 12.8 Å². The van der Waals surface area contributed by atoms with Crippen LogP contribution in [-0.2, 0) is 9.63 Å². The number of aromatic hydroxyl groups is 1. The zero-order valence-electron chi connectivity index (χ0n) is 16.0. The molecule has 0 unspecified atom stereocenters. The molecule has 0 aliphatic heterocycles. The van der Waals surface area contributed by atoms with Crippen molar-refractivity contribution in [3.8, 4) is 5.75 Å². The summed E-state index contributed by atoms with van der Waals surface area (Å²) in [5, 5.41) is 21.4. The lowest BCUT2D eigenvalue weighted by Gasteiger charge is -2.16. The largest absolute Gasteiger partial charge is 0.505 e. The molecule has 0 saturated carbocycles. The van der Waals surface area contributed by atoms with Gasteiger partial charge in [0.1, 0.15) is 17.0 Å². The summed E-state index contributed by atoms with van der Waals surface area (Å²) in [6, 6.07) is 6.40. The maximum absolute atomic E-state index is 12.7. The number of pyridine rings is 1. The number of carbonyl (C=O) groups excluding carboxylic acids is 1. The van der Waals surface area contributed by atoms with Gasteiger partial charge in [-0.05, 0) is 58.7 Å². The smallest absolute Gasteiger partial charge is 0.251 e. The number of rotatable bonds is 8. The lowest BCUT2D eigenvalue weighted by atomic mass is 10.1. The van der Waals surface area contributed by atoms with E-state index in [0.29, 0.717) is 23.9 Å². The maximum Gasteiger partial charge on any atom is 0.251 e. The first-order valence-electron chi connectivity index (χ1n) is 8.98. The Morgan fingerprint density at radius 3 is 2.78 bits per heavy atom. The van der Waals surface area contributed by atoms with E-state index in [9.17, 15) is 9.90 Å². The lowest BCUT2D eigenvalue weighted by molar-refractivity contribution is -0.118. The molecule has 2 rings (SSSR count). The van der Waals surface area contributed by atoms with Gasteiger partial charge in [0.05, 0.1) is 11.7 Å². The number of carbonyl (C=O) groups is 1. The Balaban J connectivity index is 2.15. The molecule has 0 aliphatic carbocycles. The van der Waals surface area contributed by atoms with E-state index in [-0.39, 0.29) is 17.3 Å². The molecule has 8 heteroatoms. The van der Waals surface area contributed by atoms with Gasteiger partial charge >= 0.3 is 0 Å². The molecule has 4 N–H and O–H groups in total. The average molecular weight is 373 g/mol. The zero-order chi connectivity index (χ0) is 19.9. The van der Waals surface area contributed by atoms with E-state index >= 15 is 0 Å². The summed E-state index contributed by atoms with van der Waals surface area (Å²) in [7, 11) is 0. The number of fused-ring (bicyclic) bond motifs is 1. The second kappa shape index (κ2) is 9.27. The summed E-state index contributed by atoms with van der Waals surface area (Å²) in [6.07, 6.45) is 3.41. The molecule has 1 amide bonds. The van der Waals surface area contributed by atoms with Gasteiger partial charge in [-0.3, -0.25) is 9.78 Å². The van der Waals surface area contributed by atoms with Crippen LogP contribution in [0.2, 0.25) is 0 Å². The Morgan fingerprint density at radius 1 is 1.33 bits per heavy atom. The number of amides is 1. The SMILES string of the molecule is CC(C)(C)O/N=N/[C@H](CCCCN)C(=O)Nc1cnc2ccccc2c1O. The first kappa shape index (κ1) is 20.6. The van der Waals surface area contributed by atoms with Crippen molar-refractivity contribution in [1.29, 1.82) is 0 Å². The van der Waals surface area contributed by atoms with Crippen molar-refractivity contribution >= 4 is 22.5 Å². The van der Waals surface area contributed by atoms with Crippen molar-refractivity contribution in [2.75, 3.05) is 11.9 Å². The van der Waals surface area contributed by atoms with Crippen LogP contribution in [0.5, 0.6) is 5.75 Å². The second-order valence-corrected chi connectivity index (χ2v) is 7.23. The average Bonchev–Trinajstić information content (AvgIpc) is 2.62. The van der Waals surface area contributed by atoms with Crippen LogP contribution in [0.1, 0.15) is 40.0 Å². The van der Waals surface area contributed by atoms with Crippen LogP contribution in [0.15, 0.2) is 40.9 Å². The number of hydrogen-bond donors (Lipinski definition) is 3. The molecule has 1 aromatic carbocycles. The molecule has 27 heavy (non-hydrogen) atoms. The van der Waals surface area contributed by atoms with E-state index < -0.39 is 11.6 Å². The summed E-state index contributed by atoms with van der Waals surface area (Å²) in [5.74, 6) is -0.418. The standard InChI is InChI=1S/C19H27N5O3/c1-19(2,3)27-24-23-15(10-6-7-11-20)18(26)22-16-12-21-14-9-5-4-8-13(14)17(16)25/h4-5,8-9,12,15H,6-7,10-11,20H2,1-3H3,(H,21,25)(H,22,26)/b24-23+/t15-/m1/s1. The molecule has 0 bridgehead atoms. The van der Waals surface area contributed by atoms with Crippen molar-refractivity contribution in [3.63, 3.8) is 0 Å². The number of nitrogens with two attached hydrogens (primary N) is 1. The van der Waals surface area contributed by atoms with Crippen LogP contribution in [0, 0.1) is 0 Å². The molecule has 8 nitrogen and oxygen atoms in total. The highest BCUT2D eigenvalue weighted by atomic mass is 16.7. The molecular formula is C19H27N5O3. The van der Waals surface area contributed by atoms with Crippen LogP contribution in [-0.4, -0.2) is 34.2 Å². The highest BCUT2D eigenvalue weighted by Crippen LogP contribution is 2.31. The summed E-state index contributed by atoms with van der Waals surface area (Å²) in [5.41, 5.74) is 5.90. The van der Waals surface area contributed by atoms with E-state index in [4.69, 9.17) is 10.6 Å². The first-order chi connectivity index (χ1) is 12.8. The molecule has 146 valence electrons. The third kappa shape index (κ3) is 6.18. The molecule has 1 atom stereocenters. The van der Waals surface area contributed by atoms with Crippen LogP contribution in [0.4, 0.5) is 5.69 Å². The Labute approximate surface area is 158 Å². The number of nitrogens with one attached hydrogen (secondary N) is 1. The molecule has 0 fully saturated rings. The molecule has 0 radical (unpaired) electrons. The fourth-order valence-corrected chi connectivity index (χ4v) is 2.36. The van der Waals surface area contributed by atoms with Crippen molar-refractivity contribution in [3.05, 3.63) is 30.5 Å². The Hall–Kier alpha value is -2.74. The molecule has 2 aromatic rings. The van der Waals surface area contributed by atoms with Crippen molar-refractivity contribution in [2.24, 2.45) is 16.1 Å². The normalized spacial score (nSPS) is 13.0. The molecule has 1 aromatic heterocycles. The molecule has 0 saturated heterocycles. The van der Waals surface area contributed by atoms with Gasteiger partial charge < -0.3 is 21.0 Å². The van der Waals surface area contributed by atoms with Crippen LogP contribution >= 0.6 is 0 Å². The number of hydrogen-bond acceptors (Lipinski definition) is 7. The predicted octanol–water partition coefficient (Wildman–Crippen LogP) is 3.56. The number of para-hydroxylation sites is 1. The van der Waals surface area contributed by atoms with Gasteiger partial charge in [-0.25, -0.2) is 0 Å². The van der Waals surface area contributed by atoms with Gasteiger partial charge in [0, 0.05) is 10.7 Å². The maximum atomic E-state index is 12.7. The third-order valence-corrected chi connectivity index (χ3v) is 3.74. The van der Waals surface area contributed by atoms with Gasteiger partial charge in [0.2, 0.25) is 0 Å². The second-order valence-electron chi connectivity index (χ2n) is 7.23. The fraction of sp³-hybridized carbons (Fsp3) is 0.474. The molecule has 0 aliphatic rings. The van der Waals surface area contributed by atoms with Gasteiger partial charge in [-0.2, -0.15) is 0 Å². The number of unbranched alkanes of at least 4 members (excludes halogenated alkanes) is 1. The Bertz CT molecular complexity index is 802. The lowest BCUT2D eigenvalue weighted by Crippen LogP contribution is -2.27. The Morgan fingerprint density at radius 2 is 2.07 bits per heavy atom. The summed E-state index contributed by atoms with van der Waals surface area (Å²) in [4.78, 5) is 22.2. The highest BCUT2D eigenvalue weighted by molar-refractivity contribution is 5.99. The number of anilines is 1. The number of nitrogens with zero attached hydrogens (tertiary/aromatic N) is 3. The molecule has 1 heterocycles. The van der Waals surface area contributed by atoms with E-state index in [1.807, 2.05) is 26.8 Å². The Kier molecular flexibility index (Phi) is 7.06. The highest BCUT2D eigenvalue weighted by Gasteiger charge is 2.21. The summed E-state index contributed by atoms with van der Waals surface area (Å²) >= 11 is 0. The van der Waals surface area contributed by atoms with Gasteiger partial charge in [0.15, 0.2) is 6.04 Å². The van der Waals surface area contributed by atoms with Crippen LogP contribution < -0.4 is 11.1 Å². The van der Waals surface area contributed by atoms with Gasteiger partial charge in [-0.1, -0.05) is 12.1 Å². The van der Waals surface area contributed by atoms with E-state index in [1.165, 1.54) is 6.20 Å². The predicted molar refractivity (Wildman–Crippen MR) is 104 cm³/mol. The summed E-state index contributed by atoms with van der Waals surface area (Å²) in [6.45, 7) is 6.07. The van der Waals surface area contributed by atoms with Crippen molar-refractivity contribution in [1.82, 2.24) is 4.98 Å². The quantitative estimate of drug-likeness (QED) is 0.371.